The highest BCUT2D eigenvalue weighted by Gasteiger charge is 2.04. The van der Waals surface area contributed by atoms with Crippen LogP contribution < -0.4 is 16.4 Å². The van der Waals surface area contributed by atoms with Crippen molar-refractivity contribution in [2.24, 2.45) is 0 Å². The molecule has 26 heavy (non-hydrogen) atoms. The van der Waals surface area contributed by atoms with Crippen molar-refractivity contribution in [3.63, 3.8) is 0 Å². The fraction of sp³-hybridized carbons (Fsp3) is 0.462. The maximum absolute atomic E-state index is 10.7. The SMILES string of the molecule is Nc1nnc(CSCCNC(=C[N+](=O)[O-])NCCSCc2ccon2)s1. The van der Waals surface area contributed by atoms with Crippen LogP contribution in [0.25, 0.3) is 0 Å². The van der Waals surface area contributed by atoms with Gasteiger partial charge < -0.3 is 20.9 Å². The van der Waals surface area contributed by atoms with Crippen LogP contribution in [0.4, 0.5) is 5.13 Å². The summed E-state index contributed by atoms with van der Waals surface area (Å²) in [6.07, 6.45) is 2.48. The molecule has 0 radical (unpaired) electrons. The number of thioether (sulfide) groups is 2. The van der Waals surface area contributed by atoms with Gasteiger partial charge in [-0.1, -0.05) is 16.5 Å². The van der Waals surface area contributed by atoms with Gasteiger partial charge in [-0.05, 0) is 0 Å². The first-order valence-corrected chi connectivity index (χ1v) is 10.7. The van der Waals surface area contributed by atoms with Crippen molar-refractivity contribution in [3.8, 4) is 0 Å². The number of nitrogens with two attached hydrogens (primary N) is 1. The van der Waals surface area contributed by atoms with Crippen molar-refractivity contribution in [3.05, 3.63) is 45.2 Å². The fourth-order valence-electron chi connectivity index (χ4n) is 1.75. The van der Waals surface area contributed by atoms with Gasteiger partial charge in [-0.15, -0.1) is 10.2 Å². The molecule has 0 saturated heterocycles. The van der Waals surface area contributed by atoms with Gasteiger partial charge in [0, 0.05) is 42.2 Å². The molecular formula is C13H19N7O3S3. The number of anilines is 1. The zero-order valence-electron chi connectivity index (χ0n) is 13.8. The van der Waals surface area contributed by atoms with E-state index in [2.05, 4.69) is 26.0 Å². The summed E-state index contributed by atoms with van der Waals surface area (Å²) < 4.78 is 4.76. The molecule has 2 aromatic rings. The Bertz CT molecular complexity index is 693. The molecule has 0 aliphatic heterocycles. The summed E-state index contributed by atoms with van der Waals surface area (Å²) in [6, 6.07) is 1.81. The average Bonchev–Trinajstić information content (AvgIpc) is 3.25. The van der Waals surface area contributed by atoms with E-state index in [-0.39, 0.29) is 0 Å². The van der Waals surface area contributed by atoms with Crippen molar-refractivity contribution in [1.29, 1.82) is 0 Å². The molecule has 13 heteroatoms. The molecule has 2 aromatic heterocycles. The number of nitrogens with zero attached hydrogens (tertiary/aromatic N) is 4. The summed E-state index contributed by atoms with van der Waals surface area (Å²) in [5, 5.41) is 29.7. The van der Waals surface area contributed by atoms with E-state index in [4.69, 9.17) is 10.3 Å². The minimum atomic E-state index is -0.477. The molecule has 10 nitrogen and oxygen atoms in total. The number of nitrogens with one attached hydrogen (secondary N) is 2. The highest BCUT2D eigenvalue weighted by atomic mass is 32.2. The van der Waals surface area contributed by atoms with Gasteiger partial charge in [-0.2, -0.15) is 23.5 Å². The van der Waals surface area contributed by atoms with E-state index < -0.39 is 4.92 Å². The Labute approximate surface area is 162 Å². The van der Waals surface area contributed by atoms with E-state index in [1.165, 1.54) is 17.6 Å². The van der Waals surface area contributed by atoms with Gasteiger partial charge >= 0.3 is 0 Å². The van der Waals surface area contributed by atoms with E-state index in [1.54, 1.807) is 23.5 Å². The Morgan fingerprint density at radius 2 is 2.04 bits per heavy atom. The van der Waals surface area contributed by atoms with E-state index in [0.29, 0.717) is 24.0 Å². The molecule has 2 rings (SSSR count). The smallest absolute Gasteiger partial charge is 0.274 e. The highest BCUT2D eigenvalue weighted by Crippen LogP contribution is 2.17. The molecule has 142 valence electrons. The summed E-state index contributed by atoms with van der Waals surface area (Å²) in [5.74, 6) is 3.43. The second-order valence-electron chi connectivity index (χ2n) is 4.81. The zero-order valence-corrected chi connectivity index (χ0v) is 16.2. The van der Waals surface area contributed by atoms with Crippen LogP contribution in [0.5, 0.6) is 0 Å². The van der Waals surface area contributed by atoms with E-state index in [9.17, 15) is 10.1 Å². The molecule has 0 aromatic carbocycles. The van der Waals surface area contributed by atoms with E-state index in [0.717, 1.165) is 39.9 Å². The lowest BCUT2D eigenvalue weighted by molar-refractivity contribution is -0.404. The van der Waals surface area contributed by atoms with Crippen LogP contribution in [-0.4, -0.2) is 44.9 Å². The number of hydrogen-bond acceptors (Lipinski definition) is 12. The molecule has 4 N–H and O–H groups in total. The number of nitrogen functional groups attached to an aromatic ring is 1. The summed E-state index contributed by atoms with van der Waals surface area (Å²) in [6.45, 7) is 1.20. The van der Waals surface area contributed by atoms with Crippen LogP contribution in [0.2, 0.25) is 0 Å². The lowest BCUT2D eigenvalue weighted by atomic mass is 10.5. The molecule has 0 amide bonds. The zero-order chi connectivity index (χ0) is 18.6. The largest absolute Gasteiger partial charge is 0.374 e. The van der Waals surface area contributed by atoms with Gasteiger partial charge in [0.2, 0.25) is 5.13 Å². The Balaban J connectivity index is 1.59. The summed E-state index contributed by atoms with van der Waals surface area (Å²) in [5.41, 5.74) is 6.40. The molecule has 0 aliphatic rings. The number of rotatable bonds is 13. The van der Waals surface area contributed by atoms with Crippen LogP contribution in [0.15, 0.2) is 28.9 Å². The quantitative estimate of drug-likeness (QED) is 0.248. The van der Waals surface area contributed by atoms with E-state index in [1.807, 2.05) is 6.07 Å². The van der Waals surface area contributed by atoms with Gasteiger partial charge in [0.15, 0.2) is 5.82 Å². The number of nitro groups is 1. The fourth-order valence-corrected chi connectivity index (χ4v) is 4.01. The van der Waals surface area contributed by atoms with Gasteiger partial charge in [-0.3, -0.25) is 10.1 Å². The monoisotopic (exact) mass is 417 g/mol. The number of aromatic nitrogens is 3. The molecule has 0 saturated carbocycles. The van der Waals surface area contributed by atoms with Gasteiger partial charge in [0.25, 0.3) is 6.20 Å². The third-order valence-electron chi connectivity index (χ3n) is 2.81. The first-order chi connectivity index (χ1) is 12.6. The topological polar surface area (TPSA) is 145 Å². The third-order valence-corrected chi connectivity index (χ3v) is 5.71. The highest BCUT2D eigenvalue weighted by molar-refractivity contribution is 7.98. The average molecular weight is 418 g/mol. The van der Waals surface area contributed by atoms with Crippen LogP contribution >= 0.6 is 34.9 Å². The Hall–Kier alpha value is -1.99. The third kappa shape index (κ3) is 8.40. The van der Waals surface area contributed by atoms with Crippen LogP contribution in [0.3, 0.4) is 0 Å². The standard InChI is InChI=1S/C13H19N7O3S3/c14-13-18-17-12(26-13)9-25-6-3-16-11(7-20(21)22)15-2-5-24-8-10-1-4-23-19-10/h1,4,7,15-16H,2-3,5-6,8-9H2,(H2,14,18). The first-order valence-electron chi connectivity index (χ1n) is 7.59. The van der Waals surface area contributed by atoms with Crippen LogP contribution in [0.1, 0.15) is 10.7 Å². The minimum Gasteiger partial charge on any atom is -0.374 e. The van der Waals surface area contributed by atoms with Gasteiger partial charge in [-0.25, -0.2) is 0 Å². The van der Waals surface area contributed by atoms with Crippen molar-refractivity contribution in [2.45, 2.75) is 11.5 Å². The Morgan fingerprint density at radius 3 is 2.62 bits per heavy atom. The summed E-state index contributed by atoms with van der Waals surface area (Å²) in [4.78, 5) is 10.2. The molecule has 0 aliphatic carbocycles. The molecule has 0 unspecified atom stereocenters. The van der Waals surface area contributed by atoms with Gasteiger partial charge in [0.1, 0.15) is 11.3 Å². The summed E-state index contributed by atoms with van der Waals surface area (Å²) >= 11 is 4.69. The molecule has 0 atom stereocenters. The maximum atomic E-state index is 10.7. The lowest BCUT2D eigenvalue weighted by Crippen LogP contribution is -2.30. The Morgan fingerprint density at radius 1 is 1.31 bits per heavy atom. The first kappa shape index (κ1) is 20.3. The maximum Gasteiger partial charge on any atom is 0.274 e. The molecule has 0 bridgehead atoms. The second-order valence-corrected chi connectivity index (χ2v) is 8.12. The lowest BCUT2D eigenvalue weighted by Gasteiger charge is -2.10. The van der Waals surface area contributed by atoms with Crippen molar-refractivity contribution >= 4 is 40.0 Å². The Kier molecular flexibility index (Phi) is 9.06. The van der Waals surface area contributed by atoms with Gasteiger partial charge in [0.05, 0.1) is 10.6 Å². The van der Waals surface area contributed by atoms with Crippen LogP contribution in [0, 0.1) is 10.1 Å². The van der Waals surface area contributed by atoms with Crippen LogP contribution in [-0.2, 0) is 11.5 Å². The molecular weight excluding hydrogens is 398 g/mol. The normalized spacial score (nSPS) is 11.5. The van der Waals surface area contributed by atoms with Crippen molar-refractivity contribution < 1.29 is 9.45 Å². The predicted molar refractivity (Wildman–Crippen MR) is 104 cm³/mol. The summed E-state index contributed by atoms with van der Waals surface area (Å²) in [7, 11) is 0. The van der Waals surface area contributed by atoms with Crippen molar-refractivity contribution in [2.75, 3.05) is 30.3 Å². The molecule has 0 spiro atoms. The van der Waals surface area contributed by atoms with E-state index >= 15 is 0 Å². The number of hydrogen-bond donors (Lipinski definition) is 3. The second kappa shape index (κ2) is 11.6. The predicted octanol–water partition coefficient (Wildman–Crippen LogP) is 1.53. The molecule has 2 heterocycles. The van der Waals surface area contributed by atoms with Crippen molar-refractivity contribution in [1.82, 2.24) is 26.0 Å². The minimum absolute atomic E-state index is 0.401. The molecule has 0 fully saturated rings.